The molecule has 4 rings (SSSR count). The van der Waals surface area contributed by atoms with E-state index in [1.807, 2.05) is 62.9 Å². The number of fused-ring (bicyclic) bond motifs is 1. The molecular weight excluding hydrogens is 329 g/mol. The van der Waals surface area contributed by atoms with Gasteiger partial charge in [-0.15, -0.1) is 0 Å². The molecule has 0 radical (unpaired) electrons. The van der Waals surface area contributed by atoms with Crippen molar-refractivity contribution in [1.82, 2.24) is 13.1 Å². The van der Waals surface area contributed by atoms with E-state index in [1.54, 1.807) is 12.5 Å². The molecule has 102 valence electrons. The van der Waals surface area contributed by atoms with E-state index in [-0.39, 0.29) is 20.3 Å². The van der Waals surface area contributed by atoms with Crippen molar-refractivity contribution in [3.05, 3.63) is 77.6 Å². The topological polar surface area (TPSA) is 39.8 Å². The average Bonchev–Trinajstić information content (AvgIpc) is 3.17. The van der Waals surface area contributed by atoms with Crippen LogP contribution >= 0.6 is 0 Å². The van der Waals surface area contributed by atoms with Crippen LogP contribution in [0.15, 0.2) is 72.0 Å². The molecule has 0 aliphatic rings. The average molecular weight is 340 g/mol. The van der Waals surface area contributed by atoms with Crippen LogP contribution in [0.2, 0.25) is 0 Å². The van der Waals surface area contributed by atoms with Crippen LogP contribution < -0.4 is 5.56 Å². The normalized spacial score (nSPS) is 11.0. The summed E-state index contributed by atoms with van der Waals surface area (Å²) in [7, 11) is 0. The molecule has 0 N–H and O–H groups in total. The maximum atomic E-state index is 12.4. The van der Waals surface area contributed by atoms with Crippen molar-refractivity contribution in [2.24, 2.45) is 0 Å². The van der Waals surface area contributed by atoms with Gasteiger partial charge in [-0.05, 0) is 0 Å². The molecular formula is C16H11N3OSe. The Morgan fingerprint density at radius 1 is 0.952 bits per heavy atom. The first kappa shape index (κ1) is 12.4. The molecule has 2 aromatic carbocycles. The van der Waals surface area contributed by atoms with Crippen molar-refractivity contribution in [3.63, 3.8) is 0 Å². The van der Waals surface area contributed by atoms with Gasteiger partial charge in [-0.25, -0.2) is 0 Å². The molecule has 4 nitrogen and oxygen atoms in total. The Labute approximate surface area is 126 Å². The summed E-state index contributed by atoms with van der Waals surface area (Å²) in [6.45, 7) is 0. The number of aromatic nitrogens is 3. The molecule has 0 unspecified atom stereocenters. The number of hydrogen-bond acceptors (Lipinski definition) is 2. The minimum absolute atomic E-state index is 0.0181. The summed E-state index contributed by atoms with van der Waals surface area (Å²) in [5, 5.41) is 0.830. The van der Waals surface area contributed by atoms with Crippen LogP contribution in [0.25, 0.3) is 21.0 Å². The minimum atomic E-state index is 0.0181. The second-order valence-corrected chi connectivity index (χ2v) is 6.75. The fourth-order valence-electron chi connectivity index (χ4n) is 2.31. The van der Waals surface area contributed by atoms with Crippen molar-refractivity contribution < 1.29 is 0 Å². The van der Waals surface area contributed by atoms with Gasteiger partial charge in [-0.1, -0.05) is 0 Å². The third kappa shape index (κ3) is 2.07. The van der Waals surface area contributed by atoms with Crippen LogP contribution in [0.3, 0.4) is 0 Å². The first-order chi connectivity index (χ1) is 10.3. The number of rotatable bonds is 2. The third-order valence-corrected chi connectivity index (χ3v) is 5.71. The quantitative estimate of drug-likeness (QED) is 0.525. The van der Waals surface area contributed by atoms with Gasteiger partial charge in [0, 0.05) is 0 Å². The number of nitrogens with zero attached hydrogens (tertiary/aromatic N) is 3. The molecule has 0 bridgehead atoms. The molecule has 0 amide bonds. The van der Waals surface area contributed by atoms with E-state index in [4.69, 9.17) is 0 Å². The molecule has 5 heteroatoms. The molecule has 0 fully saturated rings. The number of hydrogen-bond donors (Lipinski definition) is 0. The van der Waals surface area contributed by atoms with Gasteiger partial charge >= 0.3 is 126 Å². The van der Waals surface area contributed by atoms with E-state index in [0.717, 1.165) is 21.0 Å². The van der Waals surface area contributed by atoms with Crippen molar-refractivity contribution in [2.75, 3.05) is 0 Å². The van der Waals surface area contributed by atoms with Crippen LogP contribution in [0.4, 0.5) is 0 Å². The van der Waals surface area contributed by atoms with Gasteiger partial charge < -0.3 is 0 Å². The predicted molar refractivity (Wildman–Crippen MR) is 83.6 cm³/mol. The van der Waals surface area contributed by atoms with E-state index in [1.165, 1.54) is 0 Å². The number of benzene rings is 2. The molecule has 2 aromatic heterocycles. The van der Waals surface area contributed by atoms with Crippen LogP contribution in [0.1, 0.15) is 0 Å². The number of imidazole rings is 1. The van der Waals surface area contributed by atoms with Gasteiger partial charge in [0.15, 0.2) is 0 Å². The molecule has 0 atom stereocenters. The predicted octanol–water partition coefficient (Wildman–Crippen LogP) is 2.23. The van der Waals surface area contributed by atoms with Gasteiger partial charge in [0.1, 0.15) is 0 Å². The maximum absolute atomic E-state index is 12.4. The van der Waals surface area contributed by atoms with Gasteiger partial charge in [0.2, 0.25) is 0 Å². The molecule has 21 heavy (non-hydrogen) atoms. The Morgan fingerprint density at radius 3 is 2.43 bits per heavy atom. The zero-order chi connectivity index (χ0) is 14.2. The fraction of sp³-hybridized carbons (Fsp3) is 0. The Balaban J connectivity index is 1.82. The third-order valence-electron chi connectivity index (χ3n) is 3.38. The first-order valence-electron chi connectivity index (χ1n) is 6.53. The van der Waals surface area contributed by atoms with Gasteiger partial charge in [0.25, 0.3) is 0 Å². The zero-order valence-corrected chi connectivity index (χ0v) is 12.7. The summed E-state index contributed by atoms with van der Waals surface area (Å²) in [5.41, 5.74) is 2.08. The Kier molecular flexibility index (Phi) is 2.88. The molecule has 4 aromatic rings. The van der Waals surface area contributed by atoms with E-state index in [9.17, 15) is 4.79 Å². The van der Waals surface area contributed by atoms with E-state index >= 15 is 0 Å². The summed E-state index contributed by atoms with van der Waals surface area (Å²) < 4.78 is 4.96. The Morgan fingerprint density at radius 2 is 1.71 bits per heavy atom. The molecule has 0 spiro atoms. The SMILES string of the molecule is O=c1c2ccccc2[se]n1-c1ccc(-n2ccnc2)cc1. The monoisotopic (exact) mass is 341 g/mol. The van der Waals surface area contributed by atoms with Crippen molar-refractivity contribution in [1.29, 1.82) is 0 Å². The Hall–Kier alpha value is -2.36. The summed E-state index contributed by atoms with van der Waals surface area (Å²) in [4.78, 5) is 16.5. The van der Waals surface area contributed by atoms with Crippen molar-refractivity contribution >= 4 is 24.4 Å². The van der Waals surface area contributed by atoms with Gasteiger partial charge in [0.05, 0.1) is 0 Å². The molecule has 0 aliphatic carbocycles. The standard InChI is InChI=1S/C16H11N3OSe/c20-16-14-3-1-2-4-15(14)21-19(16)13-7-5-12(6-8-13)18-10-9-17-11-18/h1-11H. The van der Waals surface area contributed by atoms with E-state index < -0.39 is 0 Å². The second kappa shape index (κ2) is 4.88. The summed E-state index contributed by atoms with van der Waals surface area (Å²) >= 11 is 0.0181. The van der Waals surface area contributed by atoms with Crippen molar-refractivity contribution in [2.45, 2.75) is 0 Å². The van der Waals surface area contributed by atoms with Gasteiger partial charge in [-0.2, -0.15) is 0 Å². The van der Waals surface area contributed by atoms with Crippen molar-refractivity contribution in [3.8, 4) is 11.4 Å². The second-order valence-electron chi connectivity index (χ2n) is 4.67. The van der Waals surface area contributed by atoms with Crippen LogP contribution in [0, 0.1) is 0 Å². The summed E-state index contributed by atoms with van der Waals surface area (Å²) in [6, 6.07) is 15.8. The first-order valence-corrected chi connectivity index (χ1v) is 8.15. The van der Waals surface area contributed by atoms with E-state index in [0.29, 0.717) is 0 Å². The van der Waals surface area contributed by atoms with Crippen LogP contribution in [0.5, 0.6) is 0 Å². The van der Waals surface area contributed by atoms with E-state index in [2.05, 4.69) is 4.98 Å². The van der Waals surface area contributed by atoms with Crippen LogP contribution in [-0.4, -0.2) is 27.8 Å². The fourth-order valence-corrected chi connectivity index (χ4v) is 4.41. The molecule has 0 saturated carbocycles. The molecule has 0 aliphatic heterocycles. The Bertz CT molecular complexity index is 949. The van der Waals surface area contributed by atoms with Crippen LogP contribution in [-0.2, 0) is 0 Å². The summed E-state index contributed by atoms with van der Waals surface area (Å²) in [6.07, 6.45) is 5.41. The van der Waals surface area contributed by atoms with Gasteiger partial charge in [-0.3, -0.25) is 0 Å². The zero-order valence-electron chi connectivity index (χ0n) is 11.0. The summed E-state index contributed by atoms with van der Waals surface area (Å²) in [5.74, 6) is 0. The molecule has 2 heterocycles. The molecule has 0 saturated heterocycles.